The first-order valence-corrected chi connectivity index (χ1v) is 16.9. The van der Waals surface area contributed by atoms with Crippen LogP contribution >= 0.6 is 0 Å². The van der Waals surface area contributed by atoms with E-state index < -0.39 is 24.0 Å². The number of para-hydroxylation sites is 1. The van der Waals surface area contributed by atoms with Crippen molar-refractivity contribution >= 4 is 73.1 Å². The molecule has 4 amide bonds. The fourth-order valence-electron chi connectivity index (χ4n) is 8.79. The number of anilines is 2. The summed E-state index contributed by atoms with van der Waals surface area (Å²) in [6, 6.07) is 34.4. The topological polar surface area (TPSA) is 96.0 Å². The molecule has 2 heterocycles. The van der Waals surface area contributed by atoms with Crippen molar-refractivity contribution in [2.24, 2.45) is 17.8 Å². The van der Waals surface area contributed by atoms with E-state index in [0.29, 0.717) is 29.1 Å². The number of rotatable bonds is 4. The Kier molecular flexibility index (Phi) is 6.78. The maximum atomic E-state index is 14.3. The largest absolute Gasteiger partial charge is 0.452 e. The van der Waals surface area contributed by atoms with Crippen LogP contribution in [-0.4, -0.2) is 35.8 Å². The van der Waals surface area contributed by atoms with Gasteiger partial charge in [-0.05, 0) is 74.2 Å². The number of fused-ring (bicyclic) bond motifs is 4. The highest BCUT2D eigenvalue weighted by Gasteiger charge is 2.57. The number of carbonyl (C=O) groups excluding carboxylic acids is 4. The highest BCUT2D eigenvalue weighted by atomic mass is 16.5. The number of nitrogens with one attached hydrogen (secondary N) is 1. The van der Waals surface area contributed by atoms with E-state index in [1.54, 1.807) is 29.2 Å². The Morgan fingerprint density at radius 1 is 0.780 bits per heavy atom. The smallest absolute Gasteiger partial charge is 0.414 e. The lowest BCUT2D eigenvalue weighted by Gasteiger charge is -2.44. The van der Waals surface area contributed by atoms with Gasteiger partial charge in [0.25, 0.3) is 0 Å². The van der Waals surface area contributed by atoms with Crippen molar-refractivity contribution in [3.05, 3.63) is 126 Å². The lowest BCUT2D eigenvalue weighted by molar-refractivity contribution is -0.123. The zero-order valence-electron chi connectivity index (χ0n) is 27.6. The molecule has 9 rings (SSSR count). The van der Waals surface area contributed by atoms with Crippen LogP contribution in [0.4, 0.5) is 16.2 Å². The molecule has 0 radical (unpaired) electrons. The second-order valence-corrected chi connectivity index (χ2v) is 13.6. The summed E-state index contributed by atoms with van der Waals surface area (Å²) in [5.74, 6) is -2.41. The molecule has 8 nitrogen and oxygen atoms in total. The summed E-state index contributed by atoms with van der Waals surface area (Å²) in [5.41, 5.74) is 4.02. The number of benzene rings is 6. The number of nitrogens with zero attached hydrogens (tertiary/aromatic N) is 2. The maximum absolute atomic E-state index is 14.3. The minimum atomic E-state index is -0.776. The van der Waals surface area contributed by atoms with Crippen LogP contribution in [0.5, 0.6) is 0 Å². The highest BCUT2D eigenvalue weighted by molar-refractivity contribution is 6.27. The van der Waals surface area contributed by atoms with E-state index >= 15 is 0 Å². The van der Waals surface area contributed by atoms with Gasteiger partial charge in [0.2, 0.25) is 17.7 Å². The Morgan fingerprint density at radius 2 is 1.46 bits per heavy atom. The van der Waals surface area contributed by atoms with E-state index in [1.807, 2.05) is 61.5 Å². The monoisotopic (exact) mass is 659 g/mol. The van der Waals surface area contributed by atoms with E-state index in [4.69, 9.17) is 4.74 Å². The zero-order chi connectivity index (χ0) is 34.3. The van der Waals surface area contributed by atoms with Crippen molar-refractivity contribution in [3.8, 4) is 0 Å². The minimum absolute atomic E-state index is 0.0453. The summed E-state index contributed by atoms with van der Waals surface area (Å²) >= 11 is 0. The predicted molar refractivity (Wildman–Crippen MR) is 193 cm³/mol. The van der Waals surface area contributed by atoms with Crippen molar-refractivity contribution in [3.63, 3.8) is 0 Å². The van der Waals surface area contributed by atoms with Crippen molar-refractivity contribution in [1.29, 1.82) is 0 Å². The van der Waals surface area contributed by atoms with Gasteiger partial charge in [0.1, 0.15) is 0 Å². The first-order valence-electron chi connectivity index (χ1n) is 16.9. The third kappa shape index (κ3) is 4.30. The molecule has 4 atom stereocenters. The number of allylic oxidation sites excluding steroid dienone is 1. The molecule has 6 aromatic carbocycles. The molecule has 1 saturated heterocycles. The second-order valence-electron chi connectivity index (χ2n) is 13.6. The van der Waals surface area contributed by atoms with Gasteiger partial charge in [0, 0.05) is 16.8 Å². The van der Waals surface area contributed by atoms with Crippen LogP contribution in [-0.2, 0) is 19.1 Å². The highest BCUT2D eigenvalue weighted by Crippen LogP contribution is 2.55. The van der Waals surface area contributed by atoms with Gasteiger partial charge in [-0.3, -0.25) is 19.3 Å². The van der Waals surface area contributed by atoms with Gasteiger partial charge in [-0.2, -0.15) is 0 Å². The molecule has 0 bridgehead atoms. The van der Waals surface area contributed by atoms with Crippen molar-refractivity contribution in [2.75, 3.05) is 17.3 Å². The number of methoxy groups -OCH3 is 1. The standard InChI is InChI=1S/C42H33N3O5/c1-23-21-33-38(39-35(23)40(47)44(41(39)48)27-11-4-3-5-12-27)29-14-7-6-13-28(29)32(45(33)42(49)50-2)22-34(46)43-31-20-18-26-16-15-24-9-8-10-25-17-19-30(31)37(26)36(24)25/h3-20,23,32,35,39H,21-22H2,1-2H3,(H,43,46)/t23-,32+,35-,39-/m1/s1. The molecule has 2 aliphatic heterocycles. The number of imide groups is 1. The Bertz CT molecular complexity index is 2420. The number of carbonyl (C=O) groups is 4. The molecule has 6 aromatic rings. The van der Waals surface area contributed by atoms with Gasteiger partial charge in [-0.15, -0.1) is 0 Å². The molecular weight excluding hydrogens is 626 g/mol. The van der Waals surface area contributed by atoms with Crippen molar-refractivity contribution in [2.45, 2.75) is 25.8 Å². The fourth-order valence-corrected chi connectivity index (χ4v) is 8.79. The Labute approximate surface area is 288 Å². The molecule has 1 N–H and O–H groups in total. The molecule has 1 aliphatic carbocycles. The van der Waals surface area contributed by atoms with Gasteiger partial charge >= 0.3 is 6.09 Å². The fraction of sp³-hybridized carbons (Fsp3) is 0.190. The van der Waals surface area contributed by atoms with Gasteiger partial charge < -0.3 is 10.1 Å². The Balaban J connectivity index is 1.11. The van der Waals surface area contributed by atoms with Gasteiger partial charge in [-0.1, -0.05) is 97.9 Å². The molecule has 0 aromatic heterocycles. The number of ether oxygens (including phenoxy) is 1. The van der Waals surface area contributed by atoms with Gasteiger partial charge in [-0.25, -0.2) is 9.69 Å². The minimum Gasteiger partial charge on any atom is -0.452 e. The Morgan fingerprint density at radius 3 is 2.22 bits per heavy atom. The lowest BCUT2D eigenvalue weighted by atomic mass is 9.67. The summed E-state index contributed by atoms with van der Waals surface area (Å²) in [5, 5.41) is 9.73. The summed E-state index contributed by atoms with van der Waals surface area (Å²) in [4.78, 5) is 58.9. The van der Waals surface area contributed by atoms with E-state index in [9.17, 15) is 19.2 Å². The molecule has 246 valence electrons. The van der Waals surface area contributed by atoms with Crippen LogP contribution < -0.4 is 10.2 Å². The molecule has 1 fully saturated rings. The van der Waals surface area contributed by atoms with Crippen molar-refractivity contribution in [1.82, 2.24) is 4.90 Å². The van der Waals surface area contributed by atoms with Crippen LogP contribution in [0.25, 0.3) is 37.9 Å². The second kappa shape index (κ2) is 11.3. The van der Waals surface area contributed by atoms with E-state index in [2.05, 4.69) is 35.6 Å². The summed E-state index contributed by atoms with van der Waals surface area (Å²) < 4.78 is 5.35. The van der Waals surface area contributed by atoms with Gasteiger partial charge in [0.05, 0.1) is 37.1 Å². The molecule has 0 unspecified atom stereocenters. The van der Waals surface area contributed by atoms with Crippen LogP contribution in [0.2, 0.25) is 0 Å². The molecular formula is C42H33N3O5. The summed E-state index contributed by atoms with van der Waals surface area (Å²) in [6.07, 6.45) is -0.291. The first kappa shape index (κ1) is 30.1. The molecule has 0 spiro atoms. The summed E-state index contributed by atoms with van der Waals surface area (Å²) in [7, 11) is 1.32. The van der Waals surface area contributed by atoms with Crippen LogP contribution in [0.3, 0.4) is 0 Å². The average molecular weight is 660 g/mol. The lowest BCUT2D eigenvalue weighted by Crippen LogP contribution is -2.44. The molecule has 50 heavy (non-hydrogen) atoms. The third-order valence-corrected chi connectivity index (χ3v) is 10.9. The molecule has 0 saturated carbocycles. The van der Waals surface area contributed by atoms with E-state index in [0.717, 1.165) is 43.4 Å². The van der Waals surface area contributed by atoms with E-state index in [1.165, 1.54) is 12.0 Å². The first-order chi connectivity index (χ1) is 24.4. The predicted octanol–water partition coefficient (Wildman–Crippen LogP) is 8.29. The van der Waals surface area contributed by atoms with Crippen molar-refractivity contribution < 1.29 is 23.9 Å². The number of amides is 4. The summed E-state index contributed by atoms with van der Waals surface area (Å²) in [6.45, 7) is 1.95. The van der Waals surface area contributed by atoms with Crippen LogP contribution in [0, 0.1) is 17.8 Å². The normalized spacial score (nSPS) is 21.5. The molecule has 3 aliphatic rings. The quantitative estimate of drug-likeness (QED) is 0.152. The average Bonchev–Trinajstić information content (AvgIpc) is 3.41. The zero-order valence-corrected chi connectivity index (χ0v) is 27.6. The third-order valence-electron chi connectivity index (χ3n) is 10.9. The SMILES string of the molecule is COC(=O)N1C2=C(c3ccccc3[C@@H]1CC(=O)Nc1ccc3ccc4cccc5ccc1c3c45)[C@@H]1C(=O)N(c3ccccc3)C(=O)[C@@H]1[C@H](C)C2. The van der Waals surface area contributed by atoms with E-state index in [-0.39, 0.29) is 30.1 Å². The van der Waals surface area contributed by atoms with Crippen LogP contribution in [0.1, 0.15) is 36.9 Å². The number of hydrogen-bond acceptors (Lipinski definition) is 5. The number of hydrogen-bond donors (Lipinski definition) is 1. The maximum Gasteiger partial charge on any atom is 0.414 e. The van der Waals surface area contributed by atoms with Gasteiger partial charge in [0.15, 0.2) is 0 Å². The van der Waals surface area contributed by atoms with Crippen LogP contribution in [0.15, 0.2) is 115 Å². The Hall–Kier alpha value is -6.02. The molecule has 8 heteroatoms.